The zero-order valence-electron chi connectivity index (χ0n) is 14.7. The van der Waals surface area contributed by atoms with Crippen LogP contribution in [-0.2, 0) is 0 Å². The van der Waals surface area contributed by atoms with E-state index in [-0.39, 0.29) is 5.56 Å². The van der Waals surface area contributed by atoms with Crippen molar-refractivity contribution in [1.82, 2.24) is 9.55 Å². The summed E-state index contributed by atoms with van der Waals surface area (Å²) in [4.78, 5) is 18.2. The molecule has 0 unspecified atom stereocenters. The van der Waals surface area contributed by atoms with Crippen molar-refractivity contribution < 1.29 is 0 Å². The SMILES string of the molecule is CNc1c(-c2ccccc2)c(=O)n(-c2ccccc2)c2nc(C)ccc12. The minimum Gasteiger partial charge on any atom is -0.387 e. The molecule has 1 N–H and O–H groups in total. The molecule has 4 nitrogen and oxygen atoms in total. The summed E-state index contributed by atoms with van der Waals surface area (Å²) in [7, 11) is 1.84. The van der Waals surface area contributed by atoms with E-state index in [4.69, 9.17) is 0 Å². The highest BCUT2D eigenvalue weighted by molar-refractivity contribution is 5.98. The van der Waals surface area contributed by atoms with Crippen LogP contribution in [0.25, 0.3) is 27.8 Å². The van der Waals surface area contributed by atoms with Crippen LogP contribution in [0, 0.1) is 6.92 Å². The van der Waals surface area contributed by atoms with E-state index in [2.05, 4.69) is 10.3 Å². The van der Waals surface area contributed by atoms with E-state index in [1.807, 2.05) is 86.8 Å². The van der Waals surface area contributed by atoms with Crippen molar-refractivity contribution in [2.45, 2.75) is 6.92 Å². The smallest absolute Gasteiger partial charge is 0.266 e. The van der Waals surface area contributed by atoms with Crippen LogP contribution in [0.1, 0.15) is 5.69 Å². The minimum absolute atomic E-state index is 0.0858. The van der Waals surface area contributed by atoms with Gasteiger partial charge < -0.3 is 5.32 Å². The van der Waals surface area contributed by atoms with Crippen molar-refractivity contribution in [2.24, 2.45) is 0 Å². The predicted octanol–water partition coefficient (Wildman–Crippen LogP) is 4.40. The fourth-order valence-electron chi connectivity index (χ4n) is 3.31. The van der Waals surface area contributed by atoms with Gasteiger partial charge >= 0.3 is 0 Å². The summed E-state index contributed by atoms with van der Waals surface area (Å²) in [6.07, 6.45) is 0. The molecule has 128 valence electrons. The van der Waals surface area contributed by atoms with Gasteiger partial charge in [-0.25, -0.2) is 4.98 Å². The van der Waals surface area contributed by atoms with E-state index >= 15 is 0 Å². The number of aromatic nitrogens is 2. The van der Waals surface area contributed by atoms with E-state index in [1.54, 1.807) is 4.57 Å². The maximum absolute atomic E-state index is 13.6. The number of pyridine rings is 2. The number of hydrogen-bond acceptors (Lipinski definition) is 3. The van der Waals surface area contributed by atoms with Crippen molar-refractivity contribution in [3.63, 3.8) is 0 Å². The van der Waals surface area contributed by atoms with Crippen molar-refractivity contribution in [3.8, 4) is 16.8 Å². The Bertz CT molecular complexity index is 1130. The Morgan fingerprint density at radius 1 is 0.885 bits per heavy atom. The number of nitrogens with one attached hydrogen (secondary N) is 1. The molecule has 0 spiro atoms. The van der Waals surface area contributed by atoms with Crippen LogP contribution in [0.5, 0.6) is 0 Å². The van der Waals surface area contributed by atoms with Gasteiger partial charge in [0.25, 0.3) is 5.56 Å². The highest BCUT2D eigenvalue weighted by Crippen LogP contribution is 2.32. The summed E-state index contributed by atoms with van der Waals surface area (Å²) in [6.45, 7) is 1.93. The molecule has 2 aromatic carbocycles. The fraction of sp³-hybridized carbons (Fsp3) is 0.0909. The van der Waals surface area contributed by atoms with Crippen LogP contribution in [0.4, 0.5) is 5.69 Å². The lowest BCUT2D eigenvalue weighted by Crippen LogP contribution is -2.23. The molecule has 0 amide bonds. The van der Waals surface area contributed by atoms with Gasteiger partial charge in [-0.2, -0.15) is 0 Å². The van der Waals surface area contributed by atoms with Crippen molar-refractivity contribution in [3.05, 3.63) is 88.8 Å². The van der Waals surface area contributed by atoms with Crippen LogP contribution in [-0.4, -0.2) is 16.6 Å². The lowest BCUT2D eigenvalue weighted by Gasteiger charge is -2.17. The quantitative estimate of drug-likeness (QED) is 0.601. The number of para-hydroxylation sites is 1. The third kappa shape index (κ3) is 2.56. The van der Waals surface area contributed by atoms with Gasteiger partial charge in [0.1, 0.15) is 5.65 Å². The van der Waals surface area contributed by atoms with E-state index in [0.717, 1.165) is 28.0 Å². The van der Waals surface area contributed by atoms with Gasteiger partial charge in [0.05, 0.1) is 16.9 Å². The van der Waals surface area contributed by atoms with Crippen LogP contribution in [0.15, 0.2) is 77.6 Å². The van der Waals surface area contributed by atoms with Gasteiger partial charge in [0, 0.05) is 18.1 Å². The number of fused-ring (bicyclic) bond motifs is 1. The fourth-order valence-corrected chi connectivity index (χ4v) is 3.31. The Morgan fingerprint density at radius 3 is 2.19 bits per heavy atom. The summed E-state index contributed by atoms with van der Waals surface area (Å²) >= 11 is 0. The average molecular weight is 341 g/mol. The second kappa shape index (κ2) is 6.48. The van der Waals surface area contributed by atoms with Gasteiger partial charge in [-0.3, -0.25) is 9.36 Å². The second-order valence-corrected chi connectivity index (χ2v) is 6.17. The zero-order valence-corrected chi connectivity index (χ0v) is 14.7. The summed E-state index contributed by atoms with van der Waals surface area (Å²) < 4.78 is 1.70. The molecule has 26 heavy (non-hydrogen) atoms. The molecular weight excluding hydrogens is 322 g/mol. The second-order valence-electron chi connectivity index (χ2n) is 6.17. The van der Waals surface area contributed by atoms with Crippen LogP contribution in [0.2, 0.25) is 0 Å². The number of nitrogens with zero attached hydrogens (tertiary/aromatic N) is 2. The van der Waals surface area contributed by atoms with Crippen LogP contribution >= 0.6 is 0 Å². The summed E-state index contributed by atoms with van der Waals surface area (Å²) in [5.74, 6) is 0. The molecule has 2 aromatic heterocycles. The van der Waals surface area contributed by atoms with Crippen LogP contribution in [0.3, 0.4) is 0 Å². The molecule has 0 aliphatic heterocycles. The van der Waals surface area contributed by atoms with E-state index in [0.29, 0.717) is 11.2 Å². The molecule has 0 fully saturated rings. The van der Waals surface area contributed by atoms with Gasteiger partial charge in [0.15, 0.2) is 0 Å². The van der Waals surface area contributed by atoms with Gasteiger partial charge in [0.2, 0.25) is 0 Å². The number of aryl methyl sites for hydroxylation is 1. The number of benzene rings is 2. The molecule has 0 aliphatic rings. The first-order chi connectivity index (χ1) is 12.7. The maximum atomic E-state index is 13.6. The van der Waals surface area contributed by atoms with E-state index in [9.17, 15) is 4.79 Å². The Kier molecular flexibility index (Phi) is 4.01. The molecule has 0 aliphatic carbocycles. The summed E-state index contributed by atoms with van der Waals surface area (Å²) in [5.41, 5.74) is 4.58. The summed E-state index contributed by atoms with van der Waals surface area (Å²) in [6, 6.07) is 23.4. The zero-order chi connectivity index (χ0) is 18.1. The molecular formula is C22H19N3O. The Hall–Kier alpha value is -3.40. The molecule has 0 saturated heterocycles. The topological polar surface area (TPSA) is 46.9 Å². The van der Waals surface area contributed by atoms with Gasteiger partial charge in [-0.15, -0.1) is 0 Å². The minimum atomic E-state index is -0.0858. The predicted molar refractivity (Wildman–Crippen MR) is 107 cm³/mol. The number of hydrogen-bond donors (Lipinski definition) is 1. The first-order valence-electron chi connectivity index (χ1n) is 8.55. The molecule has 2 heterocycles. The average Bonchev–Trinajstić information content (AvgIpc) is 2.68. The van der Waals surface area contributed by atoms with Crippen LogP contribution < -0.4 is 10.9 Å². The first-order valence-corrected chi connectivity index (χ1v) is 8.55. The van der Waals surface area contributed by atoms with E-state index < -0.39 is 0 Å². The maximum Gasteiger partial charge on any atom is 0.266 e. The number of rotatable bonds is 3. The lowest BCUT2D eigenvalue weighted by molar-refractivity contribution is 1.01. The Balaban J connectivity index is 2.21. The van der Waals surface area contributed by atoms with Crippen molar-refractivity contribution >= 4 is 16.7 Å². The normalized spacial score (nSPS) is 10.8. The van der Waals surface area contributed by atoms with Gasteiger partial charge in [-0.1, -0.05) is 48.5 Å². The standard InChI is InChI=1S/C22H19N3O/c1-15-13-14-18-20(23-2)19(16-9-5-3-6-10-16)22(26)25(21(18)24-15)17-11-7-4-8-12-17/h3-14,23H,1-2H3. The summed E-state index contributed by atoms with van der Waals surface area (Å²) in [5, 5.41) is 4.14. The molecule has 0 bridgehead atoms. The third-order valence-electron chi connectivity index (χ3n) is 4.49. The van der Waals surface area contributed by atoms with Gasteiger partial charge in [-0.05, 0) is 36.8 Å². The Morgan fingerprint density at radius 2 is 1.54 bits per heavy atom. The monoisotopic (exact) mass is 341 g/mol. The number of anilines is 1. The molecule has 4 heteroatoms. The highest BCUT2D eigenvalue weighted by atomic mass is 16.1. The largest absolute Gasteiger partial charge is 0.387 e. The molecule has 4 rings (SSSR count). The first kappa shape index (κ1) is 16.1. The third-order valence-corrected chi connectivity index (χ3v) is 4.49. The molecule has 0 atom stereocenters. The highest BCUT2D eigenvalue weighted by Gasteiger charge is 2.19. The Labute approximate surface area is 151 Å². The van der Waals surface area contributed by atoms with Crippen molar-refractivity contribution in [2.75, 3.05) is 12.4 Å². The molecule has 0 saturated carbocycles. The van der Waals surface area contributed by atoms with Crippen molar-refractivity contribution in [1.29, 1.82) is 0 Å². The lowest BCUT2D eigenvalue weighted by atomic mass is 10.0. The molecule has 0 radical (unpaired) electrons. The molecule has 4 aromatic rings. The van der Waals surface area contributed by atoms with E-state index in [1.165, 1.54) is 0 Å².